The Morgan fingerprint density at radius 1 is 1.22 bits per heavy atom. The minimum Gasteiger partial charge on any atom is -0.376 e. The molecule has 1 aromatic rings. The third kappa shape index (κ3) is 3.25. The SMILES string of the molecule is CC(C)(C)OCCC1(c2ccc(Cl)cc2)CNC1. The van der Waals surface area contributed by atoms with E-state index in [-0.39, 0.29) is 11.0 Å². The van der Waals surface area contributed by atoms with Gasteiger partial charge in [0.25, 0.3) is 0 Å². The monoisotopic (exact) mass is 267 g/mol. The molecule has 100 valence electrons. The molecular formula is C15H22ClNO. The van der Waals surface area contributed by atoms with Gasteiger partial charge in [0, 0.05) is 30.1 Å². The minimum absolute atomic E-state index is 0.0572. The highest BCUT2D eigenvalue weighted by molar-refractivity contribution is 6.30. The predicted molar refractivity (Wildman–Crippen MR) is 76.3 cm³/mol. The highest BCUT2D eigenvalue weighted by Gasteiger charge is 2.38. The van der Waals surface area contributed by atoms with Crippen LogP contribution in [0.3, 0.4) is 0 Å². The molecule has 1 saturated heterocycles. The van der Waals surface area contributed by atoms with Gasteiger partial charge in [-0.3, -0.25) is 0 Å². The standard InChI is InChI=1S/C15H22ClNO/c1-14(2,3)18-9-8-15(10-17-11-15)12-4-6-13(16)7-5-12/h4-7,17H,8-11H2,1-3H3. The van der Waals surface area contributed by atoms with Gasteiger partial charge in [-0.2, -0.15) is 0 Å². The van der Waals surface area contributed by atoms with Gasteiger partial charge in [0.2, 0.25) is 0 Å². The van der Waals surface area contributed by atoms with Crippen LogP contribution in [0.4, 0.5) is 0 Å². The number of rotatable bonds is 4. The fourth-order valence-electron chi connectivity index (χ4n) is 2.31. The molecule has 1 aliphatic rings. The van der Waals surface area contributed by atoms with Crippen LogP contribution in [0, 0.1) is 0 Å². The molecule has 0 atom stereocenters. The van der Waals surface area contributed by atoms with E-state index >= 15 is 0 Å². The second-order valence-electron chi connectivity index (χ2n) is 6.10. The minimum atomic E-state index is -0.0572. The van der Waals surface area contributed by atoms with E-state index in [1.54, 1.807) is 0 Å². The van der Waals surface area contributed by atoms with Crippen LogP contribution >= 0.6 is 11.6 Å². The van der Waals surface area contributed by atoms with Crippen LogP contribution in [0.1, 0.15) is 32.8 Å². The fraction of sp³-hybridized carbons (Fsp3) is 0.600. The number of benzene rings is 1. The van der Waals surface area contributed by atoms with Gasteiger partial charge in [-0.05, 0) is 44.9 Å². The number of hydrogen-bond acceptors (Lipinski definition) is 2. The molecule has 0 aromatic heterocycles. The summed E-state index contributed by atoms with van der Waals surface area (Å²) in [5.74, 6) is 0. The molecule has 0 bridgehead atoms. The van der Waals surface area contributed by atoms with Gasteiger partial charge >= 0.3 is 0 Å². The summed E-state index contributed by atoms with van der Waals surface area (Å²) in [6.45, 7) is 9.15. The Morgan fingerprint density at radius 2 is 1.83 bits per heavy atom. The van der Waals surface area contributed by atoms with Gasteiger partial charge in [0.1, 0.15) is 0 Å². The van der Waals surface area contributed by atoms with Crippen LogP contribution in [0.15, 0.2) is 24.3 Å². The number of nitrogens with one attached hydrogen (secondary N) is 1. The van der Waals surface area contributed by atoms with Crippen molar-refractivity contribution in [1.29, 1.82) is 0 Å². The van der Waals surface area contributed by atoms with E-state index in [1.807, 2.05) is 12.1 Å². The van der Waals surface area contributed by atoms with E-state index in [0.717, 1.165) is 31.1 Å². The molecule has 0 amide bonds. The molecule has 1 heterocycles. The quantitative estimate of drug-likeness (QED) is 0.903. The lowest BCUT2D eigenvalue weighted by molar-refractivity contribution is -0.0156. The first-order valence-electron chi connectivity index (χ1n) is 6.52. The van der Waals surface area contributed by atoms with E-state index in [1.165, 1.54) is 5.56 Å². The van der Waals surface area contributed by atoms with E-state index in [9.17, 15) is 0 Å². The van der Waals surface area contributed by atoms with Crippen molar-refractivity contribution >= 4 is 11.6 Å². The summed E-state index contributed by atoms with van der Waals surface area (Å²) >= 11 is 5.95. The Bertz CT molecular complexity index is 390. The molecular weight excluding hydrogens is 246 g/mol. The molecule has 0 radical (unpaired) electrons. The summed E-state index contributed by atoms with van der Waals surface area (Å²) in [6, 6.07) is 8.23. The summed E-state index contributed by atoms with van der Waals surface area (Å²) in [7, 11) is 0. The summed E-state index contributed by atoms with van der Waals surface area (Å²) in [5.41, 5.74) is 1.54. The molecule has 2 nitrogen and oxygen atoms in total. The van der Waals surface area contributed by atoms with E-state index < -0.39 is 0 Å². The lowest BCUT2D eigenvalue weighted by atomic mass is 9.73. The normalized spacial score (nSPS) is 18.4. The summed E-state index contributed by atoms with van der Waals surface area (Å²) in [6.07, 6.45) is 1.05. The Labute approximate surface area is 115 Å². The first-order valence-corrected chi connectivity index (χ1v) is 6.90. The van der Waals surface area contributed by atoms with Crippen molar-refractivity contribution in [2.75, 3.05) is 19.7 Å². The van der Waals surface area contributed by atoms with Gasteiger partial charge in [-0.25, -0.2) is 0 Å². The number of ether oxygens (including phenoxy) is 1. The second kappa shape index (κ2) is 5.20. The van der Waals surface area contributed by atoms with Crippen LogP contribution in [-0.4, -0.2) is 25.3 Å². The maximum absolute atomic E-state index is 5.95. The predicted octanol–water partition coefficient (Wildman–Crippen LogP) is 3.39. The average Bonchev–Trinajstić information content (AvgIpc) is 2.22. The second-order valence-corrected chi connectivity index (χ2v) is 6.54. The lowest BCUT2D eigenvalue weighted by Crippen LogP contribution is -2.57. The van der Waals surface area contributed by atoms with E-state index in [2.05, 4.69) is 38.2 Å². The molecule has 0 spiro atoms. The van der Waals surface area contributed by atoms with Crippen LogP contribution in [-0.2, 0) is 10.2 Å². The molecule has 1 aliphatic heterocycles. The molecule has 3 heteroatoms. The van der Waals surface area contributed by atoms with Gasteiger partial charge < -0.3 is 10.1 Å². The van der Waals surface area contributed by atoms with E-state index in [4.69, 9.17) is 16.3 Å². The van der Waals surface area contributed by atoms with Crippen molar-refractivity contribution in [2.45, 2.75) is 38.2 Å². The van der Waals surface area contributed by atoms with Gasteiger partial charge in [0.05, 0.1) is 5.60 Å². The van der Waals surface area contributed by atoms with Crippen LogP contribution in [0.2, 0.25) is 5.02 Å². The molecule has 1 fully saturated rings. The molecule has 1 aromatic carbocycles. The highest BCUT2D eigenvalue weighted by Crippen LogP contribution is 2.33. The average molecular weight is 268 g/mol. The maximum atomic E-state index is 5.95. The lowest BCUT2D eigenvalue weighted by Gasteiger charge is -2.43. The zero-order valence-corrected chi connectivity index (χ0v) is 12.2. The van der Waals surface area contributed by atoms with Crippen LogP contribution < -0.4 is 5.32 Å². The first-order chi connectivity index (χ1) is 8.41. The van der Waals surface area contributed by atoms with Crippen LogP contribution in [0.5, 0.6) is 0 Å². The van der Waals surface area contributed by atoms with Gasteiger partial charge in [-0.1, -0.05) is 23.7 Å². The fourth-order valence-corrected chi connectivity index (χ4v) is 2.43. The summed E-state index contributed by atoms with van der Waals surface area (Å²) in [5, 5.41) is 4.17. The van der Waals surface area contributed by atoms with Crippen molar-refractivity contribution in [3.8, 4) is 0 Å². The Hall–Kier alpha value is -0.570. The first kappa shape index (κ1) is 13.9. The Kier molecular flexibility index (Phi) is 4.00. The zero-order valence-electron chi connectivity index (χ0n) is 11.4. The summed E-state index contributed by atoms with van der Waals surface area (Å²) in [4.78, 5) is 0. The molecule has 0 aliphatic carbocycles. The molecule has 0 saturated carbocycles. The topological polar surface area (TPSA) is 21.3 Å². The van der Waals surface area contributed by atoms with Crippen molar-refractivity contribution in [3.63, 3.8) is 0 Å². The van der Waals surface area contributed by atoms with Crippen molar-refractivity contribution in [2.24, 2.45) is 0 Å². The Balaban J connectivity index is 2.00. The van der Waals surface area contributed by atoms with Gasteiger partial charge in [-0.15, -0.1) is 0 Å². The van der Waals surface area contributed by atoms with Gasteiger partial charge in [0.15, 0.2) is 0 Å². The third-order valence-corrected chi connectivity index (χ3v) is 3.75. The van der Waals surface area contributed by atoms with Crippen molar-refractivity contribution in [1.82, 2.24) is 5.32 Å². The number of hydrogen-bond donors (Lipinski definition) is 1. The number of halogens is 1. The third-order valence-electron chi connectivity index (χ3n) is 3.50. The zero-order chi connectivity index (χ0) is 13.2. The molecule has 1 N–H and O–H groups in total. The van der Waals surface area contributed by atoms with Crippen molar-refractivity contribution < 1.29 is 4.74 Å². The molecule has 18 heavy (non-hydrogen) atoms. The molecule has 0 unspecified atom stereocenters. The maximum Gasteiger partial charge on any atom is 0.0598 e. The van der Waals surface area contributed by atoms with Crippen LogP contribution in [0.25, 0.3) is 0 Å². The van der Waals surface area contributed by atoms with Crippen molar-refractivity contribution in [3.05, 3.63) is 34.9 Å². The smallest absolute Gasteiger partial charge is 0.0598 e. The molecule has 2 rings (SSSR count). The highest BCUT2D eigenvalue weighted by atomic mass is 35.5. The Morgan fingerprint density at radius 3 is 2.28 bits per heavy atom. The summed E-state index contributed by atoms with van der Waals surface area (Å²) < 4.78 is 5.85. The largest absolute Gasteiger partial charge is 0.376 e. The van der Waals surface area contributed by atoms with E-state index in [0.29, 0.717) is 0 Å².